The van der Waals surface area contributed by atoms with Gasteiger partial charge >= 0.3 is 0 Å². The van der Waals surface area contributed by atoms with Crippen LogP contribution in [0.3, 0.4) is 0 Å². The Balaban J connectivity index is 1.90. The van der Waals surface area contributed by atoms with Gasteiger partial charge in [0.2, 0.25) is 5.28 Å². The van der Waals surface area contributed by atoms with Crippen molar-refractivity contribution < 1.29 is 4.74 Å². The van der Waals surface area contributed by atoms with Crippen LogP contribution in [0.5, 0.6) is 0 Å². The van der Waals surface area contributed by atoms with Crippen LogP contribution in [0.4, 0.5) is 0 Å². The fourth-order valence-electron chi connectivity index (χ4n) is 1.89. The molecule has 16 heavy (non-hydrogen) atoms. The number of nitrogens with zero attached hydrogens (tertiary/aromatic N) is 2. The highest BCUT2D eigenvalue weighted by Crippen LogP contribution is 2.20. The van der Waals surface area contributed by atoms with Gasteiger partial charge in [-0.1, -0.05) is 11.6 Å². The van der Waals surface area contributed by atoms with Crippen LogP contribution in [0.15, 0.2) is 6.20 Å². The molecule has 0 saturated carbocycles. The van der Waals surface area contributed by atoms with Gasteiger partial charge in [0, 0.05) is 6.61 Å². The molecule has 0 aromatic carbocycles. The van der Waals surface area contributed by atoms with Gasteiger partial charge in [-0.2, -0.15) is 0 Å². The first-order valence-corrected chi connectivity index (χ1v) is 6.30. The summed E-state index contributed by atoms with van der Waals surface area (Å²) < 4.78 is 5.65. The van der Waals surface area contributed by atoms with Crippen LogP contribution in [-0.2, 0) is 11.2 Å². The molecule has 0 N–H and O–H groups in total. The molecular weight excluding hydrogens is 247 g/mol. The van der Waals surface area contributed by atoms with Crippen molar-refractivity contribution in [3.05, 3.63) is 22.2 Å². The highest BCUT2D eigenvalue weighted by atomic mass is 35.5. The van der Waals surface area contributed by atoms with E-state index in [4.69, 9.17) is 27.9 Å². The summed E-state index contributed by atoms with van der Waals surface area (Å²) in [5, 5.41) is 0.837. The van der Waals surface area contributed by atoms with E-state index in [-0.39, 0.29) is 5.28 Å². The lowest BCUT2D eigenvalue weighted by atomic mass is 10.0. The number of hydrogen-bond acceptors (Lipinski definition) is 3. The number of hydrogen-bond donors (Lipinski definition) is 0. The molecule has 3 nitrogen and oxygen atoms in total. The minimum absolute atomic E-state index is 0.254. The first-order valence-electron chi connectivity index (χ1n) is 5.54. The molecule has 2 heterocycles. The Bertz CT molecular complexity index is 354. The Morgan fingerprint density at radius 2 is 2.25 bits per heavy atom. The predicted octanol–water partition coefficient (Wildman–Crippen LogP) is 3.29. The molecule has 0 bridgehead atoms. The highest BCUT2D eigenvalue weighted by Gasteiger charge is 2.15. The van der Waals surface area contributed by atoms with Gasteiger partial charge in [0.05, 0.1) is 23.0 Å². The predicted molar refractivity (Wildman–Crippen MR) is 64.0 cm³/mol. The number of halogens is 2. The van der Waals surface area contributed by atoms with Crippen molar-refractivity contribution in [1.29, 1.82) is 0 Å². The molecule has 1 atom stereocenters. The molecule has 2 rings (SSSR count). The molecule has 1 aliphatic heterocycles. The zero-order valence-electron chi connectivity index (χ0n) is 8.96. The molecule has 1 aromatic rings. The molecule has 1 unspecified atom stereocenters. The third-order valence-corrected chi connectivity index (χ3v) is 3.26. The average molecular weight is 261 g/mol. The summed E-state index contributed by atoms with van der Waals surface area (Å²) in [5.41, 5.74) is 0.816. The lowest BCUT2D eigenvalue weighted by molar-refractivity contribution is 0.0113. The van der Waals surface area contributed by atoms with Crippen LogP contribution in [0, 0.1) is 0 Å². The summed E-state index contributed by atoms with van der Waals surface area (Å²) in [7, 11) is 0. The molecule has 88 valence electrons. The Kier molecular flexibility index (Phi) is 4.38. The summed E-state index contributed by atoms with van der Waals surface area (Å²) in [5.74, 6) is 0. The second-order valence-electron chi connectivity index (χ2n) is 3.96. The molecule has 0 spiro atoms. The van der Waals surface area contributed by atoms with Crippen LogP contribution in [0.1, 0.15) is 31.4 Å². The summed E-state index contributed by atoms with van der Waals surface area (Å²) >= 11 is 11.7. The molecular formula is C11H14Cl2N2O. The standard InChI is InChI=1S/C11H14Cl2N2O/c12-9-7-14-11(13)15-10(9)5-4-8-3-1-2-6-16-8/h7-8H,1-6H2. The Labute approximate surface area is 105 Å². The minimum Gasteiger partial charge on any atom is -0.378 e. The van der Waals surface area contributed by atoms with E-state index in [1.807, 2.05) is 0 Å². The number of aryl methyl sites for hydroxylation is 1. The van der Waals surface area contributed by atoms with E-state index in [1.54, 1.807) is 6.20 Å². The fourth-order valence-corrected chi connectivity index (χ4v) is 2.22. The van der Waals surface area contributed by atoms with E-state index in [0.717, 1.165) is 31.6 Å². The van der Waals surface area contributed by atoms with E-state index in [9.17, 15) is 0 Å². The third-order valence-electron chi connectivity index (χ3n) is 2.76. The van der Waals surface area contributed by atoms with Crippen molar-refractivity contribution in [1.82, 2.24) is 9.97 Å². The number of rotatable bonds is 3. The zero-order valence-corrected chi connectivity index (χ0v) is 10.5. The molecule has 1 aliphatic rings. The first kappa shape index (κ1) is 12.1. The normalized spacial score (nSPS) is 21.0. The second kappa shape index (κ2) is 5.80. The van der Waals surface area contributed by atoms with Crippen molar-refractivity contribution in [3.8, 4) is 0 Å². The van der Waals surface area contributed by atoms with E-state index in [1.165, 1.54) is 12.8 Å². The zero-order chi connectivity index (χ0) is 11.4. The van der Waals surface area contributed by atoms with Crippen molar-refractivity contribution in [3.63, 3.8) is 0 Å². The number of aromatic nitrogens is 2. The van der Waals surface area contributed by atoms with Gasteiger partial charge in [-0.05, 0) is 43.7 Å². The molecule has 5 heteroatoms. The van der Waals surface area contributed by atoms with Crippen molar-refractivity contribution in [2.45, 2.75) is 38.2 Å². The van der Waals surface area contributed by atoms with Crippen LogP contribution in [0.2, 0.25) is 10.3 Å². The topological polar surface area (TPSA) is 35.0 Å². The fraction of sp³-hybridized carbons (Fsp3) is 0.636. The Morgan fingerprint density at radius 1 is 1.38 bits per heavy atom. The van der Waals surface area contributed by atoms with Gasteiger partial charge in [0.1, 0.15) is 0 Å². The minimum atomic E-state index is 0.254. The van der Waals surface area contributed by atoms with Crippen LogP contribution in [0.25, 0.3) is 0 Å². The van der Waals surface area contributed by atoms with Crippen molar-refractivity contribution in [2.24, 2.45) is 0 Å². The average Bonchev–Trinajstić information content (AvgIpc) is 2.32. The van der Waals surface area contributed by atoms with E-state index < -0.39 is 0 Å². The quantitative estimate of drug-likeness (QED) is 0.783. The molecule has 0 radical (unpaired) electrons. The van der Waals surface area contributed by atoms with Gasteiger partial charge < -0.3 is 4.74 Å². The lowest BCUT2D eigenvalue weighted by Gasteiger charge is -2.22. The number of ether oxygens (including phenoxy) is 1. The van der Waals surface area contributed by atoms with E-state index in [0.29, 0.717) is 11.1 Å². The summed E-state index contributed by atoms with van der Waals surface area (Å²) in [6, 6.07) is 0. The van der Waals surface area contributed by atoms with Gasteiger partial charge in [-0.25, -0.2) is 9.97 Å². The summed E-state index contributed by atoms with van der Waals surface area (Å²) in [4.78, 5) is 7.95. The van der Waals surface area contributed by atoms with E-state index >= 15 is 0 Å². The Morgan fingerprint density at radius 3 is 3.00 bits per heavy atom. The largest absolute Gasteiger partial charge is 0.378 e. The van der Waals surface area contributed by atoms with Gasteiger partial charge in [-0.15, -0.1) is 0 Å². The summed E-state index contributed by atoms with van der Waals surface area (Å²) in [6.07, 6.45) is 7.21. The molecule has 0 amide bonds. The maximum atomic E-state index is 5.99. The van der Waals surface area contributed by atoms with Gasteiger partial charge in [-0.3, -0.25) is 0 Å². The van der Waals surface area contributed by atoms with Gasteiger partial charge in [0.25, 0.3) is 0 Å². The molecule has 1 fully saturated rings. The van der Waals surface area contributed by atoms with Crippen molar-refractivity contribution in [2.75, 3.05) is 6.61 Å². The first-order chi connectivity index (χ1) is 7.75. The Hall–Kier alpha value is -0.380. The van der Waals surface area contributed by atoms with E-state index in [2.05, 4.69) is 9.97 Å². The monoisotopic (exact) mass is 260 g/mol. The molecule has 0 aliphatic carbocycles. The smallest absolute Gasteiger partial charge is 0.222 e. The third kappa shape index (κ3) is 3.30. The summed E-state index contributed by atoms with van der Waals surface area (Å²) in [6.45, 7) is 0.878. The van der Waals surface area contributed by atoms with Crippen LogP contribution < -0.4 is 0 Å². The highest BCUT2D eigenvalue weighted by molar-refractivity contribution is 6.31. The maximum absolute atomic E-state index is 5.99. The SMILES string of the molecule is Clc1ncc(Cl)c(CCC2CCCCO2)n1. The lowest BCUT2D eigenvalue weighted by Crippen LogP contribution is -2.19. The maximum Gasteiger partial charge on any atom is 0.222 e. The second-order valence-corrected chi connectivity index (χ2v) is 4.71. The van der Waals surface area contributed by atoms with Crippen molar-refractivity contribution >= 4 is 23.2 Å². The molecule has 1 aromatic heterocycles. The van der Waals surface area contributed by atoms with Crippen LogP contribution >= 0.6 is 23.2 Å². The molecule has 1 saturated heterocycles. The van der Waals surface area contributed by atoms with Crippen LogP contribution in [-0.4, -0.2) is 22.7 Å². The van der Waals surface area contributed by atoms with Gasteiger partial charge in [0.15, 0.2) is 0 Å².